The van der Waals surface area contributed by atoms with Gasteiger partial charge in [0.25, 0.3) is 5.91 Å². The summed E-state index contributed by atoms with van der Waals surface area (Å²) >= 11 is 1.54. The molecule has 0 saturated heterocycles. The van der Waals surface area contributed by atoms with Gasteiger partial charge in [0.1, 0.15) is 13.2 Å². The number of thiophene rings is 1. The van der Waals surface area contributed by atoms with Gasteiger partial charge in [-0.25, -0.2) is 0 Å². The number of carbonyl (C=O) groups is 1. The van der Waals surface area contributed by atoms with Gasteiger partial charge in [-0.2, -0.15) is 0 Å². The van der Waals surface area contributed by atoms with Gasteiger partial charge in [-0.1, -0.05) is 11.2 Å². The normalized spacial score (nSPS) is 13.1. The van der Waals surface area contributed by atoms with Crippen molar-refractivity contribution in [1.29, 1.82) is 0 Å². The van der Waals surface area contributed by atoms with Crippen LogP contribution < -0.4 is 14.8 Å². The van der Waals surface area contributed by atoms with E-state index in [9.17, 15) is 4.79 Å². The minimum absolute atomic E-state index is 0.0331. The zero-order valence-corrected chi connectivity index (χ0v) is 13.8. The van der Waals surface area contributed by atoms with E-state index in [2.05, 4.69) is 15.5 Å². The van der Waals surface area contributed by atoms with Crippen LogP contribution in [0.3, 0.4) is 0 Å². The number of benzene rings is 1. The topological polar surface area (TPSA) is 86.5 Å². The summed E-state index contributed by atoms with van der Waals surface area (Å²) < 4.78 is 16.5. The van der Waals surface area contributed by atoms with Gasteiger partial charge in [-0.15, -0.1) is 16.4 Å². The van der Waals surface area contributed by atoms with E-state index in [-0.39, 0.29) is 17.8 Å². The fourth-order valence-electron chi connectivity index (χ4n) is 2.26. The first-order chi connectivity index (χ1) is 12.3. The van der Waals surface area contributed by atoms with Crippen LogP contribution in [0.2, 0.25) is 0 Å². The molecule has 0 atom stereocenters. The molecule has 1 N–H and O–H groups in total. The number of fused-ring (bicyclic) bond motifs is 1. The quantitative estimate of drug-likeness (QED) is 0.723. The van der Waals surface area contributed by atoms with E-state index in [0.717, 1.165) is 4.88 Å². The van der Waals surface area contributed by atoms with E-state index < -0.39 is 0 Å². The molecule has 25 heavy (non-hydrogen) atoms. The molecule has 0 aliphatic carbocycles. The summed E-state index contributed by atoms with van der Waals surface area (Å²) in [6.07, 6.45) is 3.14. The van der Waals surface area contributed by atoms with Crippen LogP contribution in [0, 0.1) is 0 Å². The number of nitrogens with one attached hydrogen (secondary N) is 1. The monoisotopic (exact) mass is 355 g/mol. The standard InChI is InChI=1S/C17H13N3O4S/c21-15(6-4-12-2-1-9-25-12)18-17-20-19-16(24-17)11-3-5-13-14(10-11)23-8-7-22-13/h1-6,9-10H,7-8H2,(H,18,20,21). The van der Waals surface area contributed by atoms with Gasteiger partial charge >= 0.3 is 6.01 Å². The third-order valence-corrected chi connectivity index (χ3v) is 4.22. The SMILES string of the molecule is O=C(C=Cc1cccs1)Nc1nnc(-c2ccc3c(c2)OCCO3)o1. The Labute approximate surface area is 146 Å². The molecule has 8 heteroatoms. The van der Waals surface area contributed by atoms with Crippen molar-refractivity contribution in [1.82, 2.24) is 10.2 Å². The molecule has 126 valence electrons. The molecule has 2 aromatic heterocycles. The summed E-state index contributed by atoms with van der Waals surface area (Å²) in [7, 11) is 0. The highest BCUT2D eigenvalue weighted by Crippen LogP contribution is 2.34. The minimum Gasteiger partial charge on any atom is -0.486 e. The molecule has 0 bridgehead atoms. The van der Waals surface area contributed by atoms with Crippen molar-refractivity contribution in [2.75, 3.05) is 18.5 Å². The Morgan fingerprint density at radius 1 is 1.16 bits per heavy atom. The number of nitrogens with zero attached hydrogens (tertiary/aromatic N) is 2. The van der Waals surface area contributed by atoms with Crippen molar-refractivity contribution in [3.8, 4) is 23.0 Å². The van der Waals surface area contributed by atoms with Gasteiger partial charge in [0.2, 0.25) is 5.89 Å². The Bertz CT molecular complexity index is 918. The molecule has 3 heterocycles. The summed E-state index contributed by atoms with van der Waals surface area (Å²) in [5.74, 6) is 1.26. The van der Waals surface area contributed by atoms with Crippen LogP contribution in [0.5, 0.6) is 11.5 Å². The van der Waals surface area contributed by atoms with Crippen LogP contribution in [-0.4, -0.2) is 29.3 Å². The molecule has 0 spiro atoms. The number of hydrogen-bond donors (Lipinski definition) is 1. The maximum absolute atomic E-state index is 11.9. The first-order valence-corrected chi connectivity index (χ1v) is 8.42. The lowest BCUT2D eigenvalue weighted by Crippen LogP contribution is -2.15. The van der Waals surface area contributed by atoms with Crippen LogP contribution in [0.15, 0.2) is 46.2 Å². The molecular weight excluding hydrogens is 342 g/mol. The lowest BCUT2D eigenvalue weighted by molar-refractivity contribution is -0.112. The van der Waals surface area contributed by atoms with E-state index in [1.807, 2.05) is 17.5 Å². The highest BCUT2D eigenvalue weighted by molar-refractivity contribution is 7.10. The lowest BCUT2D eigenvalue weighted by Gasteiger charge is -2.18. The molecule has 0 unspecified atom stereocenters. The van der Waals surface area contributed by atoms with Gasteiger partial charge in [0.15, 0.2) is 11.5 Å². The Kier molecular flexibility index (Phi) is 4.17. The largest absolute Gasteiger partial charge is 0.486 e. The van der Waals surface area contributed by atoms with E-state index in [0.29, 0.717) is 30.3 Å². The average molecular weight is 355 g/mol. The minimum atomic E-state index is -0.342. The predicted octanol–water partition coefficient (Wildman–Crippen LogP) is 3.22. The molecule has 1 amide bonds. The van der Waals surface area contributed by atoms with E-state index in [1.54, 1.807) is 35.6 Å². The Morgan fingerprint density at radius 2 is 2.04 bits per heavy atom. The number of amides is 1. The summed E-state index contributed by atoms with van der Waals surface area (Å²) in [4.78, 5) is 12.9. The van der Waals surface area contributed by atoms with E-state index >= 15 is 0 Å². The fraction of sp³-hybridized carbons (Fsp3) is 0.118. The third-order valence-electron chi connectivity index (χ3n) is 3.39. The number of ether oxygens (including phenoxy) is 2. The zero-order valence-electron chi connectivity index (χ0n) is 13.0. The number of aromatic nitrogens is 2. The summed E-state index contributed by atoms with van der Waals surface area (Å²) in [6, 6.07) is 9.22. The van der Waals surface area contributed by atoms with Crippen molar-refractivity contribution in [3.05, 3.63) is 46.7 Å². The molecule has 1 aromatic carbocycles. The van der Waals surface area contributed by atoms with Crippen LogP contribution in [0.4, 0.5) is 6.01 Å². The van der Waals surface area contributed by atoms with Gasteiger partial charge in [-0.05, 0) is 35.7 Å². The number of hydrogen-bond acceptors (Lipinski definition) is 7. The molecule has 4 rings (SSSR count). The van der Waals surface area contributed by atoms with Crippen LogP contribution >= 0.6 is 11.3 Å². The molecular formula is C17H13N3O4S. The van der Waals surface area contributed by atoms with Gasteiger partial charge in [-0.3, -0.25) is 10.1 Å². The first kappa shape index (κ1) is 15.4. The summed E-state index contributed by atoms with van der Waals surface area (Å²) in [6.45, 7) is 1.03. The molecule has 1 aliphatic rings. The van der Waals surface area contributed by atoms with Gasteiger partial charge in [0, 0.05) is 16.5 Å². The summed E-state index contributed by atoms with van der Waals surface area (Å²) in [5, 5.41) is 12.3. The first-order valence-electron chi connectivity index (χ1n) is 7.54. The van der Waals surface area contributed by atoms with Crippen LogP contribution in [-0.2, 0) is 4.79 Å². The molecule has 0 radical (unpaired) electrons. The number of anilines is 1. The van der Waals surface area contributed by atoms with Crippen molar-refractivity contribution in [3.63, 3.8) is 0 Å². The predicted molar refractivity (Wildman–Crippen MR) is 92.7 cm³/mol. The zero-order chi connectivity index (χ0) is 17.1. The Morgan fingerprint density at radius 3 is 2.88 bits per heavy atom. The second-order valence-corrected chi connectivity index (χ2v) is 6.09. The number of carbonyl (C=O) groups excluding carboxylic acids is 1. The van der Waals surface area contributed by atoms with Crippen LogP contribution in [0.1, 0.15) is 4.88 Å². The summed E-state index contributed by atoms with van der Waals surface area (Å²) in [5.41, 5.74) is 0.686. The van der Waals surface area contributed by atoms with Gasteiger partial charge in [0.05, 0.1) is 0 Å². The molecule has 7 nitrogen and oxygen atoms in total. The smallest absolute Gasteiger partial charge is 0.322 e. The lowest BCUT2D eigenvalue weighted by atomic mass is 10.2. The molecule has 1 aliphatic heterocycles. The van der Waals surface area contributed by atoms with E-state index in [4.69, 9.17) is 13.9 Å². The Balaban J connectivity index is 1.46. The third kappa shape index (κ3) is 3.53. The molecule has 3 aromatic rings. The maximum atomic E-state index is 11.9. The van der Waals surface area contributed by atoms with Crippen molar-refractivity contribution >= 4 is 29.3 Å². The number of rotatable bonds is 4. The van der Waals surface area contributed by atoms with Crippen molar-refractivity contribution < 1.29 is 18.7 Å². The maximum Gasteiger partial charge on any atom is 0.322 e. The van der Waals surface area contributed by atoms with E-state index in [1.165, 1.54) is 6.08 Å². The Hall–Kier alpha value is -3.13. The van der Waals surface area contributed by atoms with Crippen molar-refractivity contribution in [2.24, 2.45) is 0 Å². The fourth-order valence-corrected chi connectivity index (χ4v) is 2.88. The van der Waals surface area contributed by atoms with Crippen molar-refractivity contribution in [2.45, 2.75) is 0 Å². The van der Waals surface area contributed by atoms with Gasteiger partial charge < -0.3 is 13.9 Å². The van der Waals surface area contributed by atoms with Crippen LogP contribution in [0.25, 0.3) is 17.5 Å². The highest BCUT2D eigenvalue weighted by atomic mass is 32.1. The molecule has 0 fully saturated rings. The average Bonchev–Trinajstić information content (AvgIpc) is 3.31. The molecule has 0 saturated carbocycles. The second kappa shape index (κ2) is 6.78. The second-order valence-electron chi connectivity index (χ2n) is 5.11. The highest BCUT2D eigenvalue weighted by Gasteiger charge is 2.16.